The third-order valence-electron chi connectivity index (χ3n) is 7.85. The SMILES string of the molecule is C[CH-][C@@H]1C/C=C(C)/C=C(\C)[C@H](O[C@@H]2OC(C)(C)[C@@H](OC(C)=O)[C@H](O)[C@@H]2O)[C@@H](CC)/C=C(\C)[C@@H](O)C/C=C/C=C(\C)C(=O)O1.[Y]. The van der Waals surface area contributed by atoms with Crippen LogP contribution < -0.4 is 0 Å². The van der Waals surface area contributed by atoms with Gasteiger partial charge in [0.2, 0.25) is 0 Å². The van der Waals surface area contributed by atoms with Crippen molar-refractivity contribution in [1.82, 2.24) is 0 Å². The van der Waals surface area contributed by atoms with Crippen LogP contribution in [0.3, 0.4) is 0 Å². The van der Waals surface area contributed by atoms with Crippen LogP contribution in [0.1, 0.15) is 81.6 Å². The van der Waals surface area contributed by atoms with Crippen molar-refractivity contribution in [2.24, 2.45) is 5.92 Å². The van der Waals surface area contributed by atoms with Gasteiger partial charge in [-0.15, -0.1) is 0 Å². The Kier molecular flexibility index (Phi) is 17.2. The summed E-state index contributed by atoms with van der Waals surface area (Å²) in [5.41, 5.74) is 1.81. The van der Waals surface area contributed by atoms with E-state index < -0.39 is 60.5 Å². The van der Waals surface area contributed by atoms with Gasteiger partial charge in [0, 0.05) is 51.1 Å². The maximum atomic E-state index is 12.6. The molecule has 2 aliphatic rings. The molecule has 1 saturated heterocycles. The number of hydrogen-bond donors (Lipinski definition) is 3. The van der Waals surface area contributed by atoms with Gasteiger partial charge in [-0.3, -0.25) is 11.2 Å². The number of allylic oxidation sites excluding steroid dienone is 4. The molecule has 0 unspecified atom stereocenters. The van der Waals surface area contributed by atoms with Crippen molar-refractivity contribution in [3.8, 4) is 0 Å². The van der Waals surface area contributed by atoms with E-state index in [0.29, 0.717) is 24.8 Å². The van der Waals surface area contributed by atoms with Gasteiger partial charge in [0.15, 0.2) is 12.4 Å². The minimum absolute atomic E-state index is 0. The summed E-state index contributed by atoms with van der Waals surface area (Å²) in [7, 11) is 0. The minimum atomic E-state index is -1.49. The number of rotatable bonds is 5. The molecule has 2 rings (SSSR count). The Labute approximate surface area is 288 Å². The van der Waals surface area contributed by atoms with Gasteiger partial charge in [0.05, 0.1) is 12.2 Å². The fourth-order valence-corrected chi connectivity index (χ4v) is 5.20. The summed E-state index contributed by atoms with van der Waals surface area (Å²) < 4.78 is 23.5. The smallest absolute Gasteiger partial charge is 0.331 e. The fraction of sp³-hybridized carbons (Fsp3) is 0.618. The van der Waals surface area contributed by atoms with Gasteiger partial charge < -0.3 is 34.3 Å². The number of aliphatic hydroxyl groups excluding tert-OH is 3. The van der Waals surface area contributed by atoms with Crippen LogP contribution in [-0.2, 0) is 61.2 Å². The molecule has 0 saturated carbocycles. The van der Waals surface area contributed by atoms with Crippen LogP contribution in [0.15, 0.2) is 58.7 Å². The molecule has 0 aromatic carbocycles. The van der Waals surface area contributed by atoms with Gasteiger partial charge in [0.1, 0.15) is 17.8 Å². The molecule has 0 aromatic rings. The molecule has 44 heavy (non-hydrogen) atoms. The predicted molar refractivity (Wildman–Crippen MR) is 164 cm³/mol. The molecule has 9 nitrogen and oxygen atoms in total. The van der Waals surface area contributed by atoms with E-state index in [2.05, 4.69) is 0 Å². The Bertz CT molecular complexity index is 1120. The van der Waals surface area contributed by atoms with E-state index in [1.54, 1.807) is 39.0 Å². The van der Waals surface area contributed by atoms with Crippen LogP contribution >= 0.6 is 0 Å². The molecule has 2 heterocycles. The maximum Gasteiger partial charge on any atom is 0.331 e. The number of hydrogen-bond acceptors (Lipinski definition) is 9. The van der Waals surface area contributed by atoms with Gasteiger partial charge in [0.25, 0.3) is 0 Å². The van der Waals surface area contributed by atoms with Crippen LogP contribution in [0.5, 0.6) is 0 Å². The van der Waals surface area contributed by atoms with Crippen molar-refractivity contribution in [3.63, 3.8) is 0 Å². The monoisotopic (exact) mass is 692 g/mol. The quantitative estimate of drug-likeness (QED) is 0.211. The Hall–Kier alpha value is -1.46. The average molecular weight is 693 g/mol. The van der Waals surface area contributed by atoms with Crippen molar-refractivity contribution in [3.05, 3.63) is 65.2 Å². The Morgan fingerprint density at radius 3 is 2.34 bits per heavy atom. The Balaban J connectivity index is 0.00000968. The first-order valence-corrected chi connectivity index (χ1v) is 15.0. The van der Waals surface area contributed by atoms with Crippen LogP contribution in [0.2, 0.25) is 0 Å². The van der Waals surface area contributed by atoms with E-state index in [4.69, 9.17) is 18.9 Å². The first kappa shape index (κ1) is 40.6. The molecule has 1 fully saturated rings. The van der Waals surface area contributed by atoms with E-state index in [9.17, 15) is 24.9 Å². The number of esters is 2. The summed E-state index contributed by atoms with van der Waals surface area (Å²) in [6, 6.07) is 0. The minimum Gasteiger partial charge on any atom is -0.492 e. The zero-order valence-electron chi connectivity index (χ0n) is 27.7. The number of cyclic esters (lactones) is 1. The average Bonchev–Trinajstić information content (AvgIpc) is 2.94. The first-order chi connectivity index (χ1) is 20.1. The van der Waals surface area contributed by atoms with Crippen molar-refractivity contribution < 1.29 is 76.6 Å². The topological polar surface area (TPSA) is 132 Å². The van der Waals surface area contributed by atoms with Gasteiger partial charge >= 0.3 is 11.9 Å². The van der Waals surface area contributed by atoms with Crippen molar-refractivity contribution in [2.45, 2.75) is 130 Å². The Morgan fingerprint density at radius 1 is 1.09 bits per heavy atom. The number of ether oxygens (including phenoxy) is 4. The number of carbonyl (C=O) groups excluding carboxylic acids is 2. The van der Waals surface area contributed by atoms with E-state index >= 15 is 0 Å². The second-order valence-electron chi connectivity index (χ2n) is 12.0. The standard InChI is InChI=1S/C34H51O9.Y/c1-10-25-19-22(5)27(36)15-13-12-14-21(4)32(39)41-26(11-2)17-16-20(3)18-23(6)30(25)42-33-29(38)28(37)31(40-24(7)35)34(8,9)43-33;/h11-14,16,18-19,25-31,33,36-38H,10,15,17H2,1-9H3;/q-1;/b13-12+,20-16+,21-14+,22-19+,23-18+;/t25-,26+,27-,28+,29-,30-,31-,33+;/m0./s1. The van der Waals surface area contributed by atoms with Crippen LogP contribution in [0, 0.1) is 12.3 Å². The molecule has 0 aromatic heterocycles. The van der Waals surface area contributed by atoms with Gasteiger partial charge in [-0.25, -0.2) is 4.79 Å². The van der Waals surface area contributed by atoms with Gasteiger partial charge in [-0.2, -0.15) is 6.92 Å². The summed E-state index contributed by atoms with van der Waals surface area (Å²) >= 11 is 0. The summed E-state index contributed by atoms with van der Waals surface area (Å²) in [6.45, 7) is 15.8. The molecule has 2 aliphatic heterocycles. The largest absolute Gasteiger partial charge is 0.492 e. The molecule has 1 radical (unpaired) electrons. The van der Waals surface area contributed by atoms with Gasteiger partial charge in [-0.05, 0) is 78.1 Å². The first-order valence-electron chi connectivity index (χ1n) is 15.0. The van der Waals surface area contributed by atoms with Gasteiger partial charge in [-0.1, -0.05) is 49.0 Å². The van der Waals surface area contributed by atoms with E-state index in [1.165, 1.54) is 6.92 Å². The van der Waals surface area contributed by atoms with E-state index in [1.807, 2.05) is 59.3 Å². The van der Waals surface area contributed by atoms with Crippen LogP contribution in [0.25, 0.3) is 0 Å². The van der Waals surface area contributed by atoms with Crippen molar-refractivity contribution in [2.75, 3.05) is 0 Å². The second-order valence-corrected chi connectivity index (χ2v) is 12.0. The van der Waals surface area contributed by atoms with Crippen LogP contribution in [-0.4, -0.2) is 75.8 Å². The van der Waals surface area contributed by atoms with Crippen molar-refractivity contribution in [1.29, 1.82) is 0 Å². The molecule has 0 spiro atoms. The molecule has 8 atom stereocenters. The van der Waals surface area contributed by atoms with E-state index in [-0.39, 0.29) is 38.6 Å². The van der Waals surface area contributed by atoms with Crippen molar-refractivity contribution >= 4 is 11.9 Å². The molecule has 3 N–H and O–H groups in total. The zero-order chi connectivity index (χ0) is 32.5. The number of carbonyl (C=O) groups is 2. The summed E-state index contributed by atoms with van der Waals surface area (Å²) in [6.07, 6.45) is 7.42. The summed E-state index contributed by atoms with van der Waals surface area (Å²) in [5, 5.41) is 32.8. The molecule has 10 heteroatoms. The molecule has 245 valence electrons. The predicted octanol–water partition coefficient (Wildman–Crippen LogP) is 4.82. The third kappa shape index (κ3) is 11.7. The normalized spacial score (nSPS) is 37.9. The molecular weight excluding hydrogens is 641 g/mol. The van der Waals surface area contributed by atoms with E-state index in [0.717, 1.165) is 16.7 Å². The second kappa shape index (κ2) is 18.6. The summed E-state index contributed by atoms with van der Waals surface area (Å²) in [5.74, 6) is -1.22. The molecule has 0 amide bonds. The molecule has 0 aliphatic carbocycles. The third-order valence-corrected chi connectivity index (χ3v) is 7.85. The van der Waals surface area contributed by atoms with Crippen LogP contribution in [0.4, 0.5) is 0 Å². The Morgan fingerprint density at radius 2 is 1.75 bits per heavy atom. The molecular formula is C34H51O9Y-. The zero-order valence-corrected chi connectivity index (χ0v) is 30.5. The maximum absolute atomic E-state index is 12.6. The summed E-state index contributed by atoms with van der Waals surface area (Å²) in [4.78, 5) is 24.2. The number of aliphatic hydroxyl groups is 3. The fourth-order valence-electron chi connectivity index (χ4n) is 5.20. The molecule has 0 bridgehead atoms.